The first-order valence-electron chi connectivity index (χ1n) is 7.34. The number of ether oxygens (including phenoxy) is 1. The lowest BCUT2D eigenvalue weighted by Gasteiger charge is -2.05. The summed E-state index contributed by atoms with van der Waals surface area (Å²) in [4.78, 5) is 2.64. The molecule has 112 valence electrons. The Morgan fingerprint density at radius 1 is 1.10 bits per heavy atom. The Labute approximate surface area is 131 Å². The predicted molar refractivity (Wildman–Crippen MR) is 91.4 cm³/mol. The van der Waals surface area contributed by atoms with Crippen molar-refractivity contribution in [3.8, 4) is 0 Å². The highest BCUT2D eigenvalue weighted by Gasteiger charge is 2.01. The molecule has 3 heteroatoms. The summed E-state index contributed by atoms with van der Waals surface area (Å²) in [5.41, 5.74) is 1.21. The Balaban J connectivity index is 1.68. The molecule has 0 saturated heterocycles. The molecule has 0 aliphatic rings. The summed E-state index contributed by atoms with van der Waals surface area (Å²) in [6, 6.07) is 15.1. The van der Waals surface area contributed by atoms with Crippen molar-refractivity contribution in [1.29, 1.82) is 0 Å². The van der Waals surface area contributed by atoms with Crippen molar-refractivity contribution in [1.82, 2.24) is 5.32 Å². The van der Waals surface area contributed by atoms with E-state index in [1.165, 1.54) is 15.3 Å². The van der Waals surface area contributed by atoms with Crippen molar-refractivity contribution in [2.75, 3.05) is 6.61 Å². The normalized spacial score (nSPS) is 11.6. The standard InChI is InChI=1S/C18H23NOS/c1-15(2)19-13-17-10-11-18(21-17)14-20-12-6-9-16-7-4-3-5-8-16/h3-11,15,19H,12-14H2,1-2H3/b9-6+. The monoisotopic (exact) mass is 301 g/mol. The molecule has 0 radical (unpaired) electrons. The summed E-state index contributed by atoms with van der Waals surface area (Å²) in [5, 5.41) is 3.43. The van der Waals surface area contributed by atoms with Gasteiger partial charge in [0.25, 0.3) is 0 Å². The van der Waals surface area contributed by atoms with Crippen molar-refractivity contribution in [2.24, 2.45) is 0 Å². The van der Waals surface area contributed by atoms with Crippen LogP contribution >= 0.6 is 11.3 Å². The van der Waals surface area contributed by atoms with Crippen LogP contribution in [0.1, 0.15) is 29.2 Å². The predicted octanol–water partition coefficient (Wildman–Crippen LogP) is 4.48. The van der Waals surface area contributed by atoms with Crippen LogP contribution in [0.15, 0.2) is 48.5 Å². The molecule has 0 atom stereocenters. The molecule has 21 heavy (non-hydrogen) atoms. The first kappa shape index (κ1) is 16.0. The highest BCUT2D eigenvalue weighted by molar-refractivity contribution is 7.11. The van der Waals surface area contributed by atoms with Gasteiger partial charge in [0.2, 0.25) is 0 Å². The zero-order valence-electron chi connectivity index (χ0n) is 12.7. The molecule has 0 aliphatic heterocycles. The fraction of sp³-hybridized carbons (Fsp3) is 0.333. The van der Waals surface area contributed by atoms with Crippen molar-refractivity contribution >= 4 is 17.4 Å². The average Bonchev–Trinajstić information content (AvgIpc) is 2.94. The van der Waals surface area contributed by atoms with Crippen molar-refractivity contribution in [2.45, 2.75) is 33.0 Å². The summed E-state index contributed by atoms with van der Waals surface area (Å²) < 4.78 is 5.68. The van der Waals surface area contributed by atoms with Crippen LogP contribution in [-0.2, 0) is 17.9 Å². The number of rotatable bonds is 8. The van der Waals surface area contributed by atoms with Crippen LogP contribution in [0.4, 0.5) is 0 Å². The van der Waals surface area contributed by atoms with Crippen LogP contribution in [0.25, 0.3) is 6.08 Å². The highest BCUT2D eigenvalue weighted by Crippen LogP contribution is 2.17. The van der Waals surface area contributed by atoms with Gasteiger partial charge in [0, 0.05) is 22.3 Å². The van der Waals surface area contributed by atoms with Gasteiger partial charge in [0.05, 0.1) is 13.2 Å². The van der Waals surface area contributed by atoms with Crippen molar-refractivity contribution in [3.63, 3.8) is 0 Å². The van der Waals surface area contributed by atoms with Crippen molar-refractivity contribution < 1.29 is 4.74 Å². The maximum atomic E-state index is 5.68. The van der Waals surface area contributed by atoms with Gasteiger partial charge in [-0.1, -0.05) is 56.3 Å². The van der Waals surface area contributed by atoms with Crippen LogP contribution in [0.2, 0.25) is 0 Å². The van der Waals surface area contributed by atoms with Gasteiger partial charge in [-0.3, -0.25) is 0 Å². The first-order valence-corrected chi connectivity index (χ1v) is 8.16. The fourth-order valence-electron chi connectivity index (χ4n) is 1.88. The third-order valence-electron chi connectivity index (χ3n) is 2.97. The van der Waals surface area contributed by atoms with Gasteiger partial charge < -0.3 is 10.1 Å². The van der Waals surface area contributed by atoms with E-state index in [0.717, 1.165) is 6.54 Å². The molecule has 0 amide bonds. The van der Waals surface area contributed by atoms with E-state index in [0.29, 0.717) is 19.3 Å². The fourth-order valence-corrected chi connectivity index (χ4v) is 2.78. The van der Waals surface area contributed by atoms with Gasteiger partial charge in [0.15, 0.2) is 0 Å². The lowest BCUT2D eigenvalue weighted by Crippen LogP contribution is -2.21. The van der Waals surface area contributed by atoms with Crippen molar-refractivity contribution in [3.05, 3.63) is 63.9 Å². The van der Waals surface area contributed by atoms with Gasteiger partial charge in [-0.15, -0.1) is 11.3 Å². The van der Waals surface area contributed by atoms with E-state index >= 15 is 0 Å². The number of hydrogen-bond donors (Lipinski definition) is 1. The molecule has 1 N–H and O–H groups in total. The van der Waals surface area contributed by atoms with E-state index in [1.807, 2.05) is 29.5 Å². The number of thiophene rings is 1. The molecule has 0 saturated carbocycles. The summed E-state index contributed by atoms with van der Waals surface area (Å²) in [5.74, 6) is 0. The molecule has 1 heterocycles. The number of benzene rings is 1. The van der Waals surface area contributed by atoms with Crippen LogP contribution in [0.3, 0.4) is 0 Å². The SMILES string of the molecule is CC(C)NCc1ccc(COC/C=C/c2ccccc2)s1. The van der Waals surface area contributed by atoms with Crippen LogP contribution in [0.5, 0.6) is 0 Å². The lowest BCUT2D eigenvalue weighted by atomic mass is 10.2. The quantitative estimate of drug-likeness (QED) is 0.726. The zero-order valence-corrected chi connectivity index (χ0v) is 13.5. The lowest BCUT2D eigenvalue weighted by molar-refractivity contribution is 0.151. The van der Waals surface area contributed by atoms with Gasteiger partial charge in [-0.05, 0) is 17.7 Å². The minimum absolute atomic E-state index is 0.523. The van der Waals surface area contributed by atoms with Gasteiger partial charge in [-0.25, -0.2) is 0 Å². The average molecular weight is 301 g/mol. The Hall–Kier alpha value is -1.42. The summed E-state index contributed by atoms with van der Waals surface area (Å²) in [6.45, 7) is 6.60. The second-order valence-corrected chi connectivity index (χ2v) is 6.48. The van der Waals surface area contributed by atoms with E-state index in [9.17, 15) is 0 Å². The van der Waals surface area contributed by atoms with E-state index in [1.54, 1.807) is 0 Å². The minimum atomic E-state index is 0.523. The zero-order chi connectivity index (χ0) is 14.9. The van der Waals surface area contributed by atoms with Gasteiger partial charge >= 0.3 is 0 Å². The second-order valence-electron chi connectivity index (χ2n) is 5.23. The van der Waals surface area contributed by atoms with E-state index in [2.05, 4.69) is 55.6 Å². The first-order chi connectivity index (χ1) is 10.2. The molecule has 2 aromatic rings. The Morgan fingerprint density at radius 2 is 1.86 bits per heavy atom. The van der Waals surface area contributed by atoms with Crippen LogP contribution in [-0.4, -0.2) is 12.6 Å². The minimum Gasteiger partial charge on any atom is -0.372 e. The Bertz CT molecular complexity index is 545. The molecule has 0 spiro atoms. The molecule has 0 unspecified atom stereocenters. The van der Waals surface area contributed by atoms with Gasteiger partial charge in [-0.2, -0.15) is 0 Å². The molecule has 2 nitrogen and oxygen atoms in total. The maximum Gasteiger partial charge on any atom is 0.0813 e. The second kappa shape index (κ2) is 8.78. The molecule has 0 bridgehead atoms. The van der Waals surface area contributed by atoms with E-state index in [-0.39, 0.29) is 0 Å². The maximum absolute atomic E-state index is 5.68. The highest BCUT2D eigenvalue weighted by atomic mass is 32.1. The molecular weight excluding hydrogens is 278 g/mol. The Kier molecular flexibility index (Phi) is 6.67. The molecule has 1 aromatic heterocycles. The van der Waals surface area contributed by atoms with Crippen LogP contribution < -0.4 is 5.32 Å². The summed E-state index contributed by atoms with van der Waals surface area (Å²) in [6.07, 6.45) is 4.15. The molecule has 0 fully saturated rings. The van der Waals surface area contributed by atoms with Gasteiger partial charge in [0.1, 0.15) is 0 Å². The molecular formula is C18H23NOS. The summed E-state index contributed by atoms with van der Waals surface area (Å²) in [7, 11) is 0. The topological polar surface area (TPSA) is 21.3 Å². The van der Waals surface area contributed by atoms with E-state index < -0.39 is 0 Å². The number of hydrogen-bond acceptors (Lipinski definition) is 3. The third kappa shape index (κ3) is 6.25. The molecule has 0 aliphatic carbocycles. The smallest absolute Gasteiger partial charge is 0.0813 e. The molecule has 2 rings (SSSR count). The number of nitrogens with one attached hydrogen (secondary N) is 1. The van der Waals surface area contributed by atoms with E-state index in [4.69, 9.17) is 4.74 Å². The van der Waals surface area contributed by atoms with Crippen LogP contribution in [0, 0.1) is 0 Å². The molecule has 1 aromatic carbocycles. The largest absolute Gasteiger partial charge is 0.372 e. The Morgan fingerprint density at radius 3 is 2.62 bits per heavy atom. The summed E-state index contributed by atoms with van der Waals surface area (Å²) >= 11 is 1.82. The third-order valence-corrected chi connectivity index (χ3v) is 4.03.